The fourth-order valence-corrected chi connectivity index (χ4v) is 3.21. The van der Waals surface area contributed by atoms with Crippen LogP contribution in [-0.4, -0.2) is 24.7 Å². The lowest BCUT2D eigenvalue weighted by molar-refractivity contribution is -0.141. The first-order valence-corrected chi connectivity index (χ1v) is 7.49. The Bertz CT molecular complexity index is 702. The van der Waals surface area contributed by atoms with Crippen molar-refractivity contribution in [2.24, 2.45) is 5.92 Å². The molecule has 1 heterocycles. The number of hydrogen-bond donors (Lipinski definition) is 1. The van der Waals surface area contributed by atoms with Gasteiger partial charge in [0.2, 0.25) is 0 Å². The van der Waals surface area contributed by atoms with Crippen molar-refractivity contribution in [2.45, 2.75) is 12.5 Å². The predicted molar refractivity (Wildman–Crippen MR) is 85.2 cm³/mol. The van der Waals surface area contributed by atoms with E-state index in [4.69, 9.17) is 4.74 Å². The number of nitrogens with zero attached hydrogens (tertiary/aromatic N) is 1. The Kier molecular flexibility index (Phi) is 4.19. The summed E-state index contributed by atoms with van der Waals surface area (Å²) in [5, 5.41) is 9.51. The van der Waals surface area contributed by atoms with Gasteiger partial charge in [0, 0.05) is 17.8 Å². The fourth-order valence-electron chi connectivity index (χ4n) is 3.21. The molecule has 1 aliphatic heterocycles. The molecule has 1 saturated heterocycles. The minimum atomic E-state index is -0.894. The first-order valence-electron chi connectivity index (χ1n) is 7.49. The van der Waals surface area contributed by atoms with Crippen LogP contribution in [0.4, 0.5) is 10.1 Å². The monoisotopic (exact) mass is 315 g/mol. The smallest absolute Gasteiger partial charge is 0.309 e. The van der Waals surface area contributed by atoms with Gasteiger partial charge in [0.25, 0.3) is 0 Å². The number of carboxylic acids is 1. The highest BCUT2D eigenvalue weighted by Crippen LogP contribution is 2.41. The molecule has 4 nitrogen and oxygen atoms in total. The first kappa shape index (κ1) is 15.3. The zero-order chi connectivity index (χ0) is 16.4. The van der Waals surface area contributed by atoms with Crippen molar-refractivity contribution in [2.75, 3.05) is 18.6 Å². The van der Waals surface area contributed by atoms with Crippen LogP contribution < -0.4 is 9.64 Å². The number of halogens is 1. The molecule has 120 valence electrons. The standard InChI is InChI=1S/C18H18FNO3/c1-23-13-8-6-12(7-9-13)20-11-10-15(18(21)22)17(20)14-4-2-3-5-16(14)19/h2-9,15,17H,10-11H2,1H3,(H,21,22). The van der Waals surface area contributed by atoms with Crippen molar-refractivity contribution in [1.29, 1.82) is 0 Å². The molecule has 0 radical (unpaired) electrons. The van der Waals surface area contributed by atoms with Crippen LogP contribution in [0.25, 0.3) is 0 Å². The molecule has 23 heavy (non-hydrogen) atoms. The van der Waals surface area contributed by atoms with Crippen LogP contribution >= 0.6 is 0 Å². The number of aliphatic carboxylic acids is 1. The number of hydrogen-bond acceptors (Lipinski definition) is 3. The topological polar surface area (TPSA) is 49.8 Å². The van der Waals surface area contributed by atoms with Crippen molar-refractivity contribution in [3.63, 3.8) is 0 Å². The van der Waals surface area contributed by atoms with Crippen LogP contribution in [0.2, 0.25) is 0 Å². The molecule has 5 heteroatoms. The first-order chi connectivity index (χ1) is 11.1. The van der Waals surface area contributed by atoms with Crippen LogP contribution in [0.3, 0.4) is 0 Å². The molecular weight excluding hydrogens is 297 g/mol. The molecule has 0 spiro atoms. The Hall–Kier alpha value is -2.56. The molecule has 1 fully saturated rings. The summed E-state index contributed by atoms with van der Waals surface area (Å²) >= 11 is 0. The molecule has 2 aromatic carbocycles. The van der Waals surface area contributed by atoms with Crippen LogP contribution in [-0.2, 0) is 4.79 Å². The maximum absolute atomic E-state index is 14.2. The van der Waals surface area contributed by atoms with Crippen LogP contribution in [0, 0.1) is 11.7 Å². The summed E-state index contributed by atoms with van der Waals surface area (Å²) in [6, 6.07) is 13.3. The van der Waals surface area contributed by atoms with E-state index in [0.29, 0.717) is 18.5 Å². The minimum absolute atomic E-state index is 0.371. The van der Waals surface area contributed by atoms with Gasteiger partial charge in [0.1, 0.15) is 11.6 Å². The van der Waals surface area contributed by atoms with Crippen molar-refractivity contribution < 1.29 is 19.0 Å². The molecule has 2 aromatic rings. The van der Waals surface area contributed by atoms with E-state index >= 15 is 0 Å². The van der Waals surface area contributed by atoms with Crippen LogP contribution in [0.15, 0.2) is 48.5 Å². The number of rotatable bonds is 4. The normalized spacial score (nSPS) is 20.5. The number of carboxylic acid groups (broad SMARTS) is 1. The van der Waals surface area contributed by atoms with Gasteiger partial charge in [0.05, 0.1) is 19.1 Å². The summed E-state index contributed by atoms with van der Waals surface area (Å²) in [5.74, 6) is -1.17. The largest absolute Gasteiger partial charge is 0.497 e. The number of anilines is 1. The van der Waals surface area contributed by atoms with Crippen molar-refractivity contribution >= 4 is 11.7 Å². The van der Waals surface area contributed by atoms with Gasteiger partial charge in [-0.3, -0.25) is 4.79 Å². The van der Waals surface area contributed by atoms with E-state index in [-0.39, 0.29) is 5.82 Å². The molecule has 0 aliphatic carbocycles. The lowest BCUT2D eigenvalue weighted by Crippen LogP contribution is -2.29. The number of benzene rings is 2. The number of methoxy groups -OCH3 is 1. The summed E-state index contributed by atoms with van der Waals surface area (Å²) in [4.78, 5) is 13.6. The molecule has 2 atom stereocenters. The zero-order valence-corrected chi connectivity index (χ0v) is 12.8. The SMILES string of the molecule is COc1ccc(N2CCC(C(=O)O)C2c2ccccc2F)cc1. The van der Waals surface area contributed by atoms with E-state index in [2.05, 4.69) is 0 Å². The number of ether oxygens (including phenoxy) is 1. The van der Waals surface area contributed by atoms with E-state index in [9.17, 15) is 14.3 Å². The average molecular weight is 315 g/mol. The van der Waals surface area contributed by atoms with Crippen LogP contribution in [0.5, 0.6) is 5.75 Å². The zero-order valence-electron chi connectivity index (χ0n) is 12.8. The minimum Gasteiger partial charge on any atom is -0.497 e. The quantitative estimate of drug-likeness (QED) is 0.938. The van der Waals surface area contributed by atoms with E-state index in [1.54, 1.807) is 25.3 Å². The van der Waals surface area contributed by atoms with Gasteiger partial charge in [-0.1, -0.05) is 18.2 Å². The van der Waals surface area contributed by atoms with Crippen LogP contribution in [0.1, 0.15) is 18.0 Å². The maximum Gasteiger partial charge on any atom is 0.309 e. The van der Waals surface area contributed by atoms with E-state index in [1.165, 1.54) is 6.07 Å². The lowest BCUT2D eigenvalue weighted by atomic mass is 9.93. The lowest BCUT2D eigenvalue weighted by Gasteiger charge is -2.29. The highest BCUT2D eigenvalue weighted by molar-refractivity contribution is 5.74. The Morgan fingerprint density at radius 1 is 1.22 bits per heavy atom. The van der Waals surface area contributed by atoms with Gasteiger partial charge >= 0.3 is 5.97 Å². The highest BCUT2D eigenvalue weighted by Gasteiger charge is 2.41. The predicted octanol–water partition coefficient (Wildman–Crippen LogP) is 3.49. The highest BCUT2D eigenvalue weighted by atomic mass is 19.1. The fraction of sp³-hybridized carbons (Fsp3) is 0.278. The van der Waals surface area contributed by atoms with E-state index in [1.807, 2.05) is 29.2 Å². The van der Waals surface area contributed by atoms with Crippen molar-refractivity contribution in [1.82, 2.24) is 0 Å². The Balaban J connectivity index is 2.01. The second-order valence-electron chi connectivity index (χ2n) is 5.59. The second-order valence-corrected chi connectivity index (χ2v) is 5.59. The van der Waals surface area contributed by atoms with E-state index in [0.717, 1.165) is 11.4 Å². The number of carbonyl (C=O) groups is 1. The van der Waals surface area contributed by atoms with E-state index < -0.39 is 17.9 Å². The average Bonchev–Trinajstić information content (AvgIpc) is 3.00. The molecule has 2 unspecified atom stereocenters. The summed E-state index contributed by atoms with van der Waals surface area (Å²) in [6.45, 7) is 0.572. The maximum atomic E-state index is 14.2. The van der Waals surface area contributed by atoms with Gasteiger partial charge in [0.15, 0.2) is 0 Å². The third-order valence-corrected chi connectivity index (χ3v) is 4.34. The third-order valence-electron chi connectivity index (χ3n) is 4.34. The Morgan fingerprint density at radius 2 is 1.91 bits per heavy atom. The summed E-state index contributed by atoms with van der Waals surface area (Å²) in [5.41, 5.74) is 1.29. The summed E-state index contributed by atoms with van der Waals surface area (Å²) < 4.78 is 19.4. The molecule has 0 amide bonds. The summed E-state index contributed by atoms with van der Waals surface area (Å²) in [7, 11) is 1.59. The van der Waals surface area contributed by atoms with Crippen molar-refractivity contribution in [3.8, 4) is 5.75 Å². The molecule has 1 aliphatic rings. The second kappa shape index (κ2) is 6.28. The molecule has 1 N–H and O–H groups in total. The van der Waals surface area contributed by atoms with Gasteiger partial charge < -0.3 is 14.7 Å². The molecular formula is C18H18FNO3. The van der Waals surface area contributed by atoms with Crippen molar-refractivity contribution in [3.05, 3.63) is 59.9 Å². The Morgan fingerprint density at radius 3 is 2.52 bits per heavy atom. The molecule has 0 saturated carbocycles. The molecule has 0 aromatic heterocycles. The molecule has 3 rings (SSSR count). The third kappa shape index (κ3) is 2.86. The van der Waals surface area contributed by atoms with Gasteiger partial charge in [-0.05, 0) is 36.8 Å². The summed E-state index contributed by atoms with van der Waals surface area (Å²) in [6.07, 6.45) is 0.486. The molecule has 0 bridgehead atoms. The Labute approximate surface area is 134 Å². The van der Waals surface area contributed by atoms with Gasteiger partial charge in [-0.15, -0.1) is 0 Å². The van der Waals surface area contributed by atoms with Gasteiger partial charge in [-0.2, -0.15) is 0 Å². The van der Waals surface area contributed by atoms with Gasteiger partial charge in [-0.25, -0.2) is 4.39 Å².